The number of carbonyl (C=O) groups is 2. The molecule has 0 saturated heterocycles. The number of ether oxygens (including phenoxy) is 2. The largest absolute Gasteiger partial charge is 0.454 e. The van der Waals surface area contributed by atoms with Crippen LogP contribution in [0.25, 0.3) is 0 Å². The first-order valence-electron chi connectivity index (χ1n) is 8.83. The maximum Gasteiger partial charge on any atom is 0.262 e. The third kappa shape index (κ3) is 5.19. The summed E-state index contributed by atoms with van der Waals surface area (Å²) in [5.74, 6) is 0.246. The van der Waals surface area contributed by atoms with Crippen molar-refractivity contribution in [2.75, 3.05) is 6.79 Å². The summed E-state index contributed by atoms with van der Waals surface area (Å²) in [5.41, 5.74) is 3.49. The summed E-state index contributed by atoms with van der Waals surface area (Å²) in [7, 11) is 0. The standard InChI is InChI=1S/C20H19Cl2N3O4/c1-11(2)18(24-19(26)13-4-5-14(21)15(22)8-13)20(27)25-23-9-12-3-6-16-17(7-12)29-10-28-16/h3-9,11,18H,10H2,1-2H3,(H,24,26)(H,25,27). The maximum atomic E-state index is 12.5. The first-order chi connectivity index (χ1) is 13.8. The Kier molecular flexibility index (Phi) is 6.61. The van der Waals surface area contributed by atoms with Gasteiger partial charge in [0.05, 0.1) is 16.3 Å². The number of hydrogen-bond acceptors (Lipinski definition) is 5. The van der Waals surface area contributed by atoms with Crippen LogP contribution in [-0.4, -0.2) is 30.9 Å². The van der Waals surface area contributed by atoms with E-state index in [4.69, 9.17) is 32.7 Å². The molecule has 3 rings (SSSR count). The Hall–Kier alpha value is -2.77. The van der Waals surface area contributed by atoms with Crippen LogP contribution in [0.5, 0.6) is 11.5 Å². The number of benzene rings is 2. The zero-order valence-electron chi connectivity index (χ0n) is 15.7. The fourth-order valence-electron chi connectivity index (χ4n) is 2.63. The molecule has 9 heteroatoms. The quantitative estimate of drug-likeness (QED) is 0.535. The van der Waals surface area contributed by atoms with Crippen LogP contribution in [0.15, 0.2) is 41.5 Å². The Balaban J connectivity index is 1.63. The van der Waals surface area contributed by atoms with Crippen molar-refractivity contribution in [2.45, 2.75) is 19.9 Å². The monoisotopic (exact) mass is 435 g/mol. The fourth-order valence-corrected chi connectivity index (χ4v) is 2.93. The molecular formula is C20H19Cl2N3O4. The molecule has 2 amide bonds. The molecule has 1 aliphatic heterocycles. The summed E-state index contributed by atoms with van der Waals surface area (Å²) in [4.78, 5) is 25.0. The lowest BCUT2D eigenvalue weighted by atomic mass is 10.0. The lowest BCUT2D eigenvalue weighted by molar-refractivity contribution is -0.123. The average Bonchev–Trinajstić information content (AvgIpc) is 3.15. The van der Waals surface area contributed by atoms with Gasteiger partial charge < -0.3 is 14.8 Å². The van der Waals surface area contributed by atoms with Crippen LogP contribution in [0, 0.1) is 5.92 Å². The molecule has 2 N–H and O–H groups in total. The number of nitrogens with zero attached hydrogens (tertiary/aromatic N) is 1. The van der Waals surface area contributed by atoms with E-state index in [9.17, 15) is 9.59 Å². The van der Waals surface area contributed by atoms with Gasteiger partial charge in [-0.15, -0.1) is 0 Å². The number of halogens is 2. The molecule has 7 nitrogen and oxygen atoms in total. The van der Waals surface area contributed by atoms with E-state index in [2.05, 4.69) is 15.8 Å². The number of fused-ring (bicyclic) bond motifs is 1. The van der Waals surface area contributed by atoms with Crippen LogP contribution >= 0.6 is 23.2 Å². The second-order valence-electron chi connectivity index (χ2n) is 6.67. The Morgan fingerprint density at radius 1 is 1.07 bits per heavy atom. The van der Waals surface area contributed by atoms with Gasteiger partial charge in [-0.2, -0.15) is 5.10 Å². The van der Waals surface area contributed by atoms with Crippen LogP contribution in [0.3, 0.4) is 0 Å². The molecule has 1 aliphatic rings. The van der Waals surface area contributed by atoms with E-state index in [-0.39, 0.29) is 17.7 Å². The number of carbonyl (C=O) groups excluding carboxylic acids is 2. The van der Waals surface area contributed by atoms with Crippen molar-refractivity contribution < 1.29 is 19.1 Å². The highest BCUT2D eigenvalue weighted by molar-refractivity contribution is 6.42. The molecule has 0 aromatic heterocycles. The van der Waals surface area contributed by atoms with Crippen molar-refractivity contribution in [1.82, 2.24) is 10.7 Å². The van der Waals surface area contributed by atoms with Crippen molar-refractivity contribution in [3.05, 3.63) is 57.6 Å². The first kappa shape index (κ1) is 21.0. The van der Waals surface area contributed by atoms with Crippen molar-refractivity contribution in [1.29, 1.82) is 0 Å². The van der Waals surface area contributed by atoms with E-state index in [1.165, 1.54) is 24.4 Å². The highest BCUT2D eigenvalue weighted by atomic mass is 35.5. The van der Waals surface area contributed by atoms with E-state index in [0.717, 1.165) is 5.56 Å². The smallest absolute Gasteiger partial charge is 0.262 e. The van der Waals surface area contributed by atoms with Crippen molar-refractivity contribution in [3.63, 3.8) is 0 Å². The minimum atomic E-state index is -0.786. The number of hydrazone groups is 1. The van der Waals surface area contributed by atoms with Gasteiger partial charge >= 0.3 is 0 Å². The summed E-state index contributed by atoms with van der Waals surface area (Å²) in [6.45, 7) is 3.82. The predicted molar refractivity (Wildman–Crippen MR) is 111 cm³/mol. The second-order valence-corrected chi connectivity index (χ2v) is 7.49. The SMILES string of the molecule is CC(C)C(NC(=O)c1ccc(Cl)c(Cl)c1)C(=O)NN=Cc1ccc2c(c1)OCO2. The van der Waals surface area contributed by atoms with Gasteiger partial charge in [-0.1, -0.05) is 37.0 Å². The number of hydrogen-bond donors (Lipinski definition) is 2. The van der Waals surface area contributed by atoms with Gasteiger partial charge in [0.2, 0.25) is 6.79 Å². The summed E-state index contributed by atoms with van der Waals surface area (Å²) >= 11 is 11.8. The lowest BCUT2D eigenvalue weighted by Gasteiger charge is -2.20. The van der Waals surface area contributed by atoms with Crippen molar-refractivity contribution in [2.24, 2.45) is 11.0 Å². The molecule has 2 aromatic carbocycles. The fraction of sp³-hybridized carbons (Fsp3) is 0.250. The Bertz CT molecular complexity index is 963. The zero-order valence-corrected chi connectivity index (χ0v) is 17.3. The molecule has 0 aliphatic carbocycles. The predicted octanol–water partition coefficient (Wildman–Crippen LogP) is 3.63. The van der Waals surface area contributed by atoms with Gasteiger partial charge in [0.1, 0.15) is 6.04 Å². The third-order valence-electron chi connectivity index (χ3n) is 4.20. The molecule has 0 radical (unpaired) electrons. The van der Waals surface area contributed by atoms with E-state index in [0.29, 0.717) is 22.1 Å². The normalized spacial score (nSPS) is 13.6. The highest BCUT2D eigenvalue weighted by Gasteiger charge is 2.24. The van der Waals surface area contributed by atoms with Gasteiger partial charge in [-0.25, -0.2) is 5.43 Å². The van der Waals surface area contributed by atoms with Gasteiger partial charge in [0.15, 0.2) is 11.5 Å². The van der Waals surface area contributed by atoms with Crippen LogP contribution in [0.4, 0.5) is 0 Å². The van der Waals surface area contributed by atoms with E-state index in [1.54, 1.807) is 18.2 Å². The summed E-state index contributed by atoms with van der Waals surface area (Å²) < 4.78 is 10.6. The third-order valence-corrected chi connectivity index (χ3v) is 4.94. The van der Waals surface area contributed by atoms with E-state index < -0.39 is 17.9 Å². The van der Waals surface area contributed by atoms with E-state index >= 15 is 0 Å². The van der Waals surface area contributed by atoms with Crippen molar-refractivity contribution >= 4 is 41.2 Å². The molecule has 29 heavy (non-hydrogen) atoms. The Morgan fingerprint density at radius 3 is 2.55 bits per heavy atom. The zero-order chi connectivity index (χ0) is 21.0. The van der Waals surface area contributed by atoms with Crippen LogP contribution in [0.2, 0.25) is 10.0 Å². The molecule has 0 saturated carbocycles. The topological polar surface area (TPSA) is 89.0 Å². The molecule has 0 spiro atoms. The maximum absolute atomic E-state index is 12.5. The van der Waals surface area contributed by atoms with Crippen molar-refractivity contribution in [3.8, 4) is 11.5 Å². The molecule has 1 atom stereocenters. The summed E-state index contributed by atoms with van der Waals surface area (Å²) in [6, 6.07) is 9.03. The van der Waals surface area contributed by atoms with Gasteiger partial charge in [0, 0.05) is 5.56 Å². The lowest BCUT2D eigenvalue weighted by Crippen LogP contribution is -2.48. The second kappa shape index (κ2) is 9.15. The minimum Gasteiger partial charge on any atom is -0.454 e. The first-order valence-corrected chi connectivity index (χ1v) is 9.59. The minimum absolute atomic E-state index is 0.164. The molecule has 1 unspecified atom stereocenters. The number of nitrogens with one attached hydrogen (secondary N) is 2. The summed E-state index contributed by atoms with van der Waals surface area (Å²) in [5, 5.41) is 7.27. The molecule has 0 fully saturated rings. The van der Waals surface area contributed by atoms with Gasteiger partial charge in [-0.3, -0.25) is 9.59 Å². The molecule has 2 aromatic rings. The summed E-state index contributed by atoms with van der Waals surface area (Å²) in [6.07, 6.45) is 1.48. The highest BCUT2D eigenvalue weighted by Crippen LogP contribution is 2.32. The van der Waals surface area contributed by atoms with Crippen LogP contribution in [-0.2, 0) is 4.79 Å². The molecule has 152 valence electrons. The van der Waals surface area contributed by atoms with Crippen LogP contribution < -0.4 is 20.2 Å². The molecular weight excluding hydrogens is 417 g/mol. The Morgan fingerprint density at radius 2 is 1.83 bits per heavy atom. The Labute approximate surface area is 178 Å². The average molecular weight is 436 g/mol. The number of amides is 2. The van der Waals surface area contributed by atoms with Crippen LogP contribution in [0.1, 0.15) is 29.8 Å². The van der Waals surface area contributed by atoms with Gasteiger partial charge in [-0.05, 0) is 47.9 Å². The van der Waals surface area contributed by atoms with E-state index in [1.807, 2.05) is 13.8 Å². The molecule has 1 heterocycles. The van der Waals surface area contributed by atoms with Gasteiger partial charge in [0.25, 0.3) is 11.8 Å². The molecule has 0 bridgehead atoms. The number of rotatable bonds is 6.